The van der Waals surface area contributed by atoms with Crippen LogP contribution in [0.2, 0.25) is 0 Å². The second-order valence-corrected chi connectivity index (χ2v) is 3.19. The Hall–Kier alpha value is -1.95. The van der Waals surface area contributed by atoms with E-state index in [0.717, 1.165) is 6.07 Å². The van der Waals surface area contributed by atoms with Crippen molar-refractivity contribution >= 4 is 11.7 Å². The molecule has 0 bridgehead atoms. The number of carbonyl (C=O) groups is 1. The molecule has 0 spiro atoms. The third-order valence-electron chi connectivity index (χ3n) is 1.98. The summed E-state index contributed by atoms with van der Waals surface area (Å²) in [6.07, 6.45) is -0.0500. The molecule has 0 fully saturated rings. The van der Waals surface area contributed by atoms with Crippen molar-refractivity contribution < 1.29 is 20.1 Å². The van der Waals surface area contributed by atoms with Gasteiger partial charge in [0, 0.05) is 12.5 Å². The van der Waals surface area contributed by atoms with E-state index in [4.69, 9.17) is 21.7 Å². The molecular formula is C9H12N2O4. The van der Waals surface area contributed by atoms with Crippen molar-refractivity contribution in [2.45, 2.75) is 12.5 Å². The number of carboxylic acid groups (broad SMARTS) is 1. The van der Waals surface area contributed by atoms with Crippen molar-refractivity contribution in [2.24, 2.45) is 5.73 Å². The first-order chi connectivity index (χ1) is 6.91. The molecule has 0 aromatic heterocycles. The summed E-state index contributed by atoms with van der Waals surface area (Å²) in [6, 6.07) is 1.24. The van der Waals surface area contributed by atoms with Crippen molar-refractivity contribution in [3.05, 3.63) is 17.7 Å². The monoisotopic (exact) mass is 212 g/mol. The SMILES string of the molecule is Nc1cc(CC(N)C(=O)O)c(O)cc1O. The van der Waals surface area contributed by atoms with Crippen LogP contribution in [0.3, 0.4) is 0 Å². The van der Waals surface area contributed by atoms with E-state index in [0.29, 0.717) is 5.56 Å². The Labute approximate surface area is 85.8 Å². The highest BCUT2D eigenvalue weighted by atomic mass is 16.4. The Balaban J connectivity index is 2.95. The summed E-state index contributed by atoms with van der Waals surface area (Å²) in [7, 11) is 0. The molecule has 0 saturated heterocycles. The van der Waals surface area contributed by atoms with Crippen LogP contribution in [-0.2, 0) is 11.2 Å². The smallest absolute Gasteiger partial charge is 0.320 e. The molecule has 1 atom stereocenters. The van der Waals surface area contributed by atoms with Crippen molar-refractivity contribution in [3.8, 4) is 11.5 Å². The number of anilines is 1. The van der Waals surface area contributed by atoms with Crippen LogP contribution in [0.1, 0.15) is 5.56 Å². The van der Waals surface area contributed by atoms with Gasteiger partial charge in [0.25, 0.3) is 0 Å². The number of benzene rings is 1. The highest BCUT2D eigenvalue weighted by Crippen LogP contribution is 2.29. The summed E-state index contributed by atoms with van der Waals surface area (Å²) >= 11 is 0. The number of hydrogen-bond acceptors (Lipinski definition) is 5. The Morgan fingerprint density at radius 2 is 1.93 bits per heavy atom. The van der Waals surface area contributed by atoms with E-state index in [-0.39, 0.29) is 23.6 Å². The van der Waals surface area contributed by atoms with Gasteiger partial charge in [-0.05, 0) is 11.6 Å². The maximum absolute atomic E-state index is 10.5. The maximum Gasteiger partial charge on any atom is 0.320 e. The van der Waals surface area contributed by atoms with Crippen LogP contribution in [0.15, 0.2) is 12.1 Å². The van der Waals surface area contributed by atoms with E-state index < -0.39 is 12.0 Å². The highest BCUT2D eigenvalue weighted by Gasteiger charge is 2.15. The van der Waals surface area contributed by atoms with Crippen LogP contribution in [0, 0.1) is 0 Å². The fourth-order valence-electron chi connectivity index (χ4n) is 1.13. The van der Waals surface area contributed by atoms with Crippen molar-refractivity contribution in [1.82, 2.24) is 0 Å². The number of aromatic hydroxyl groups is 2. The Bertz CT molecular complexity index is 392. The lowest BCUT2D eigenvalue weighted by molar-refractivity contribution is -0.138. The van der Waals surface area contributed by atoms with E-state index in [1.165, 1.54) is 6.07 Å². The number of hydrogen-bond donors (Lipinski definition) is 5. The van der Waals surface area contributed by atoms with Gasteiger partial charge in [-0.2, -0.15) is 0 Å². The number of rotatable bonds is 3. The van der Waals surface area contributed by atoms with Gasteiger partial charge in [0.05, 0.1) is 5.69 Å². The minimum atomic E-state index is -1.17. The number of phenolic OH excluding ortho intramolecular Hbond substituents is 2. The van der Waals surface area contributed by atoms with Crippen LogP contribution < -0.4 is 11.5 Å². The average Bonchev–Trinajstić information content (AvgIpc) is 2.13. The fraction of sp³-hybridized carbons (Fsp3) is 0.222. The van der Waals surface area contributed by atoms with Crippen LogP contribution in [0.25, 0.3) is 0 Å². The molecule has 0 aliphatic rings. The molecule has 1 aromatic rings. The first kappa shape index (κ1) is 11.1. The van der Waals surface area contributed by atoms with Gasteiger partial charge in [0.2, 0.25) is 0 Å². The van der Waals surface area contributed by atoms with Gasteiger partial charge in [0.1, 0.15) is 17.5 Å². The molecule has 0 aliphatic carbocycles. The number of aliphatic carboxylic acids is 1. The first-order valence-electron chi connectivity index (χ1n) is 4.20. The summed E-state index contributed by atoms with van der Waals surface area (Å²) in [5, 5.41) is 27.1. The largest absolute Gasteiger partial charge is 0.508 e. The number of phenols is 2. The minimum Gasteiger partial charge on any atom is -0.508 e. The van der Waals surface area contributed by atoms with E-state index in [9.17, 15) is 9.90 Å². The molecule has 15 heavy (non-hydrogen) atoms. The van der Waals surface area contributed by atoms with Gasteiger partial charge in [-0.25, -0.2) is 0 Å². The molecule has 1 aromatic carbocycles. The van der Waals surface area contributed by atoms with Crippen LogP contribution in [0.5, 0.6) is 11.5 Å². The van der Waals surface area contributed by atoms with Gasteiger partial charge in [-0.15, -0.1) is 0 Å². The molecule has 0 saturated carbocycles. The van der Waals surface area contributed by atoms with E-state index >= 15 is 0 Å². The lowest BCUT2D eigenvalue weighted by atomic mass is 10.0. The molecule has 6 heteroatoms. The van der Waals surface area contributed by atoms with Crippen LogP contribution in [-0.4, -0.2) is 27.3 Å². The highest BCUT2D eigenvalue weighted by molar-refractivity contribution is 5.74. The summed E-state index contributed by atoms with van der Waals surface area (Å²) in [6.45, 7) is 0. The summed E-state index contributed by atoms with van der Waals surface area (Å²) in [4.78, 5) is 10.5. The molecule has 1 unspecified atom stereocenters. The number of nitrogens with two attached hydrogens (primary N) is 2. The first-order valence-corrected chi connectivity index (χ1v) is 4.20. The Morgan fingerprint density at radius 3 is 2.47 bits per heavy atom. The molecule has 0 aliphatic heterocycles. The lowest BCUT2D eigenvalue weighted by Gasteiger charge is -2.10. The summed E-state index contributed by atoms with van der Waals surface area (Å²) < 4.78 is 0. The van der Waals surface area contributed by atoms with E-state index in [1.54, 1.807) is 0 Å². The van der Waals surface area contributed by atoms with E-state index in [1.807, 2.05) is 0 Å². The second-order valence-electron chi connectivity index (χ2n) is 3.19. The minimum absolute atomic E-state index is 0.0500. The molecule has 82 valence electrons. The predicted octanol–water partition coefficient (Wildman–Crippen LogP) is -0.366. The van der Waals surface area contributed by atoms with Gasteiger partial charge in [0.15, 0.2) is 0 Å². The quantitative estimate of drug-likeness (QED) is 0.264. The third kappa shape index (κ3) is 2.50. The zero-order valence-electron chi connectivity index (χ0n) is 7.84. The summed E-state index contributed by atoms with van der Waals surface area (Å²) in [5.74, 6) is -1.64. The fourth-order valence-corrected chi connectivity index (χ4v) is 1.13. The average molecular weight is 212 g/mol. The van der Waals surface area contributed by atoms with Crippen molar-refractivity contribution in [1.29, 1.82) is 0 Å². The topological polar surface area (TPSA) is 130 Å². The van der Waals surface area contributed by atoms with Gasteiger partial charge in [-0.3, -0.25) is 4.79 Å². The van der Waals surface area contributed by atoms with E-state index in [2.05, 4.69) is 0 Å². The van der Waals surface area contributed by atoms with Crippen molar-refractivity contribution in [2.75, 3.05) is 5.73 Å². The summed E-state index contributed by atoms with van der Waals surface area (Å²) in [5.41, 5.74) is 11.0. The molecule has 0 amide bonds. The lowest BCUT2D eigenvalue weighted by Crippen LogP contribution is -2.32. The molecule has 0 heterocycles. The normalized spacial score (nSPS) is 12.3. The molecular weight excluding hydrogens is 200 g/mol. The third-order valence-corrected chi connectivity index (χ3v) is 1.98. The number of nitrogen functional groups attached to an aromatic ring is 1. The van der Waals surface area contributed by atoms with Crippen LogP contribution >= 0.6 is 0 Å². The zero-order chi connectivity index (χ0) is 11.6. The molecule has 0 radical (unpaired) electrons. The van der Waals surface area contributed by atoms with Gasteiger partial charge >= 0.3 is 5.97 Å². The van der Waals surface area contributed by atoms with Crippen molar-refractivity contribution in [3.63, 3.8) is 0 Å². The zero-order valence-corrected chi connectivity index (χ0v) is 7.84. The van der Waals surface area contributed by atoms with Gasteiger partial charge in [-0.1, -0.05) is 0 Å². The van der Waals surface area contributed by atoms with Crippen LogP contribution in [0.4, 0.5) is 5.69 Å². The molecule has 1 rings (SSSR count). The standard InChI is InChI=1S/C9H12N2O4/c10-5-1-4(2-6(11)9(14)15)7(12)3-8(5)13/h1,3,6,12-13H,2,10-11H2,(H,14,15). The maximum atomic E-state index is 10.5. The number of carboxylic acids is 1. The predicted molar refractivity (Wildman–Crippen MR) is 53.5 cm³/mol. The van der Waals surface area contributed by atoms with Gasteiger partial charge < -0.3 is 26.8 Å². The Kier molecular flexibility index (Phi) is 3.01. The second kappa shape index (κ2) is 4.05. The molecule has 6 nitrogen and oxygen atoms in total. The Morgan fingerprint density at radius 1 is 1.33 bits per heavy atom. The molecule has 7 N–H and O–H groups in total.